The minimum Gasteiger partial charge on any atom is -0.313 e. The van der Waals surface area contributed by atoms with Crippen molar-refractivity contribution in [2.45, 2.75) is 40.2 Å². The molecule has 1 saturated heterocycles. The number of hydrogen-bond acceptors (Lipinski definition) is 2. The van der Waals surface area contributed by atoms with Crippen molar-refractivity contribution in [3.63, 3.8) is 0 Å². The molecule has 0 spiro atoms. The van der Waals surface area contributed by atoms with E-state index in [2.05, 4.69) is 44.8 Å². The molecule has 1 rings (SSSR count). The van der Waals surface area contributed by atoms with E-state index >= 15 is 0 Å². The molecule has 1 heterocycles. The van der Waals surface area contributed by atoms with Crippen molar-refractivity contribution in [1.29, 1.82) is 0 Å². The summed E-state index contributed by atoms with van der Waals surface area (Å²) in [5.41, 5.74) is 0.438. The Bertz CT molecular complexity index is 148. The molecular weight excluding hydrogens is 178 g/mol. The van der Waals surface area contributed by atoms with Crippen molar-refractivity contribution >= 4 is 11.8 Å². The van der Waals surface area contributed by atoms with Crippen LogP contribution in [0, 0.1) is 11.3 Å². The maximum atomic E-state index is 3.68. The van der Waals surface area contributed by atoms with E-state index in [4.69, 9.17) is 0 Å². The Labute approximate surface area is 87.1 Å². The molecule has 0 aromatic rings. The van der Waals surface area contributed by atoms with Gasteiger partial charge < -0.3 is 5.32 Å². The van der Waals surface area contributed by atoms with Crippen LogP contribution in [0.4, 0.5) is 0 Å². The predicted molar refractivity (Wildman–Crippen MR) is 62.4 cm³/mol. The second kappa shape index (κ2) is 4.70. The molecule has 0 radical (unpaired) electrons. The van der Waals surface area contributed by atoms with E-state index in [1.54, 1.807) is 0 Å². The third-order valence-corrected chi connectivity index (χ3v) is 4.50. The minimum atomic E-state index is 0.438. The Hall–Kier alpha value is 0.310. The first-order chi connectivity index (χ1) is 6.02. The third-order valence-electron chi connectivity index (χ3n) is 3.34. The summed E-state index contributed by atoms with van der Waals surface area (Å²) < 4.78 is 0. The molecule has 2 heteroatoms. The molecule has 0 aromatic heterocycles. The molecule has 1 fully saturated rings. The lowest BCUT2D eigenvalue weighted by molar-refractivity contribution is 0.231. The van der Waals surface area contributed by atoms with Gasteiger partial charge in [-0.05, 0) is 23.5 Å². The van der Waals surface area contributed by atoms with E-state index in [0.717, 1.165) is 18.5 Å². The average molecular weight is 201 g/mol. The van der Waals surface area contributed by atoms with E-state index in [-0.39, 0.29) is 0 Å². The molecule has 1 N–H and O–H groups in total. The zero-order valence-corrected chi connectivity index (χ0v) is 10.2. The summed E-state index contributed by atoms with van der Waals surface area (Å²) in [6, 6.07) is 0.781. The van der Waals surface area contributed by atoms with Gasteiger partial charge in [0.05, 0.1) is 0 Å². The molecule has 0 aromatic carbocycles. The Kier molecular flexibility index (Phi) is 4.11. The van der Waals surface area contributed by atoms with Crippen molar-refractivity contribution < 1.29 is 0 Å². The number of nitrogens with one attached hydrogen (secondary N) is 1. The van der Waals surface area contributed by atoms with Gasteiger partial charge in [-0.2, -0.15) is 11.8 Å². The fourth-order valence-corrected chi connectivity index (χ4v) is 2.49. The summed E-state index contributed by atoms with van der Waals surface area (Å²) in [6.45, 7) is 10.5. The summed E-state index contributed by atoms with van der Waals surface area (Å²) in [5, 5.41) is 3.68. The summed E-state index contributed by atoms with van der Waals surface area (Å²) in [7, 11) is 0. The van der Waals surface area contributed by atoms with Crippen LogP contribution in [0.5, 0.6) is 0 Å². The second-order valence-corrected chi connectivity index (χ2v) is 6.23. The van der Waals surface area contributed by atoms with Crippen LogP contribution in [0.2, 0.25) is 0 Å². The molecule has 78 valence electrons. The highest BCUT2D eigenvalue weighted by atomic mass is 32.2. The number of thioether (sulfide) groups is 1. The smallest absolute Gasteiger partial charge is 0.0166 e. The molecule has 0 bridgehead atoms. The first-order valence-electron chi connectivity index (χ1n) is 5.33. The largest absolute Gasteiger partial charge is 0.313 e. The van der Waals surface area contributed by atoms with Gasteiger partial charge in [0.2, 0.25) is 0 Å². The lowest BCUT2D eigenvalue weighted by Crippen LogP contribution is -2.39. The topological polar surface area (TPSA) is 12.0 Å². The van der Waals surface area contributed by atoms with E-state index < -0.39 is 0 Å². The number of hydrogen-bond donors (Lipinski definition) is 1. The van der Waals surface area contributed by atoms with E-state index in [1.165, 1.54) is 17.9 Å². The standard InChI is InChI=1S/C11H23NS/c1-9(2)11(3,4)8-12-10-5-6-13-7-10/h9-10,12H,5-8H2,1-4H3. The van der Waals surface area contributed by atoms with Gasteiger partial charge in [0.25, 0.3) is 0 Å². The Morgan fingerprint density at radius 2 is 2.15 bits per heavy atom. The minimum absolute atomic E-state index is 0.438. The Morgan fingerprint density at radius 1 is 1.46 bits per heavy atom. The predicted octanol–water partition coefficient (Wildman–Crippen LogP) is 2.76. The highest BCUT2D eigenvalue weighted by molar-refractivity contribution is 7.99. The van der Waals surface area contributed by atoms with Gasteiger partial charge >= 0.3 is 0 Å². The van der Waals surface area contributed by atoms with Crippen LogP contribution < -0.4 is 5.32 Å². The van der Waals surface area contributed by atoms with Gasteiger partial charge in [0.15, 0.2) is 0 Å². The molecular formula is C11H23NS. The first kappa shape index (κ1) is 11.4. The fourth-order valence-electron chi connectivity index (χ4n) is 1.31. The van der Waals surface area contributed by atoms with Crippen molar-refractivity contribution in [2.75, 3.05) is 18.1 Å². The van der Waals surface area contributed by atoms with Gasteiger partial charge in [-0.1, -0.05) is 27.7 Å². The van der Waals surface area contributed by atoms with Gasteiger partial charge in [0, 0.05) is 18.3 Å². The van der Waals surface area contributed by atoms with Crippen molar-refractivity contribution in [3.05, 3.63) is 0 Å². The van der Waals surface area contributed by atoms with Gasteiger partial charge in [-0.25, -0.2) is 0 Å². The van der Waals surface area contributed by atoms with E-state index in [9.17, 15) is 0 Å². The van der Waals surface area contributed by atoms with Crippen LogP contribution in [-0.4, -0.2) is 24.1 Å². The highest BCUT2D eigenvalue weighted by Gasteiger charge is 2.24. The van der Waals surface area contributed by atoms with Gasteiger partial charge in [-0.15, -0.1) is 0 Å². The normalized spacial score (nSPS) is 24.2. The van der Waals surface area contributed by atoms with Gasteiger partial charge in [-0.3, -0.25) is 0 Å². The molecule has 1 unspecified atom stereocenters. The monoisotopic (exact) mass is 201 g/mol. The van der Waals surface area contributed by atoms with E-state index in [0.29, 0.717) is 5.41 Å². The van der Waals surface area contributed by atoms with Crippen LogP contribution in [-0.2, 0) is 0 Å². The first-order valence-corrected chi connectivity index (χ1v) is 6.49. The van der Waals surface area contributed by atoms with Crippen molar-refractivity contribution in [2.24, 2.45) is 11.3 Å². The fraction of sp³-hybridized carbons (Fsp3) is 1.00. The molecule has 0 saturated carbocycles. The van der Waals surface area contributed by atoms with Crippen LogP contribution in [0.3, 0.4) is 0 Å². The quantitative estimate of drug-likeness (QED) is 0.750. The summed E-state index contributed by atoms with van der Waals surface area (Å²) in [4.78, 5) is 0. The molecule has 1 aliphatic rings. The van der Waals surface area contributed by atoms with E-state index in [1.807, 2.05) is 0 Å². The SMILES string of the molecule is CC(C)C(C)(C)CNC1CCSC1. The molecule has 13 heavy (non-hydrogen) atoms. The summed E-state index contributed by atoms with van der Waals surface area (Å²) >= 11 is 2.08. The zero-order chi connectivity index (χ0) is 9.90. The molecule has 1 aliphatic heterocycles. The van der Waals surface area contributed by atoms with Crippen LogP contribution in [0.25, 0.3) is 0 Å². The van der Waals surface area contributed by atoms with Crippen molar-refractivity contribution in [1.82, 2.24) is 5.32 Å². The van der Waals surface area contributed by atoms with Crippen molar-refractivity contribution in [3.8, 4) is 0 Å². The van der Waals surface area contributed by atoms with Crippen LogP contribution in [0.15, 0.2) is 0 Å². The molecule has 0 amide bonds. The molecule has 1 nitrogen and oxygen atoms in total. The van der Waals surface area contributed by atoms with Gasteiger partial charge in [0.1, 0.15) is 0 Å². The zero-order valence-electron chi connectivity index (χ0n) is 9.39. The van der Waals surface area contributed by atoms with Crippen LogP contribution in [0.1, 0.15) is 34.1 Å². The number of rotatable bonds is 4. The second-order valence-electron chi connectivity index (χ2n) is 5.08. The summed E-state index contributed by atoms with van der Waals surface area (Å²) in [5.74, 6) is 3.42. The lowest BCUT2D eigenvalue weighted by atomic mass is 9.81. The van der Waals surface area contributed by atoms with Crippen LogP contribution >= 0.6 is 11.8 Å². The Balaban J connectivity index is 2.24. The maximum absolute atomic E-state index is 3.68. The average Bonchev–Trinajstić information content (AvgIpc) is 2.52. The Morgan fingerprint density at radius 3 is 2.62 bits per heavy atom. The third kappa shape index (κ3) is 3.51. The molecule has 0 aliphatic carbocycles. The maximum Gasteiger partial charge on any atom is 0.0166 e. The lowest BCUT2D eigenvalue weighted by Gasteiger charge is -2.30. The molecule has 1 atom stereocenters. The highest BCUT2D eigenvalue weighted by Crippen LogP contribution is 2.26. The summed E-state index contributed by atoms with van der Waals surface area (Å²) in [6.07, 6.45) is 1.36.